The average molecular weight is 315 g/mol. The molecule has 21 heavy (non-hydrogen) atoms. The van der Waals surface area contributed by atoms with E-state index >= 15 is 0 Å². The van der Waals surface area contributed by atoms with Crippen molar-refractivity contribution >= 4 is 17.7 Å². The fourth-order valence-electron chi connectivity index (χ4n) is 1.56. The van der Waals surface area contributed by atoms with E-state index in [-0.39, 0.29) is 11.5 Å². The molecule has 6 nitrogen and oxygen atoms in total. The summed E-state index contributed by atoms with van der Waals surface area (Å²) in [6, 6.07) is 6.00. The third-order valence-electron chi connectivity index (χ3n) is 2.37. The third-order valence-corrected chi connectivity index (χ3v) is 3.37. The monoisotopic (exact) mass is 315 g/mol. The lowest BCUT2D eigenvalue weighted by atomic mass is 10.2. The fraction of sp³-hybridized carbons (Fsp3) is 0.250. The predicted octanol–water partition coefficient (Wildman–Crippen LogP) is 2.26. The molecule has 1 aromatic carbocycles. The van der Waals surface area contributed by atoms with Gasteiger partial charge in [-0.2, -0.15) is 13.9 Å². The Balaban J connectivity index is 2.22. The van der Waals surface area contributed by atoms with Crippen LogP contribution in [0.4, 0.5) is 8.78 Å². The summed E-state index contributed by atoms with van der Waals surface area (Å²) >= 11 is 1.02. The van der Waals surface area contributed by atoms with E-state index in [1.165, 1.54) is 16.8 Å². The molecule has 0 aliphatic heterocycles. The van der Waals surface area contributed by atoms with Gasteiger partial charge in [0.25, 0.3) is 0 Å². The summed E-state index contributed by atoms with van der Waals surface area (Å²) < 4.78 is 30.1. The number of ether oxygens (including phenoxy) is 1. The minimum Gasteiger partial charge on any atom is -0.481 e. The Bertz CT molecular complexity index is 648. The number of aryl methyl sites for hydroxylation is 1. The Labute approximate surface area is 122 Å². The van der Waals surface area contributed by atoms with E-state index in [1.54, 1.807) is 19.2 Å². The number of aromatic nitrogens is 3. The molecule has 1 aromatic heterocycles. The topological polar surface area (TPSA) is 77.2 Å². The molecule has 1 N–H and O–H groups in total. The molecule has 1 heterocycles. The molecular formula is C12H11F2N3O3S. The van der Waals surface area contributed by atoms with Gasteiger partial charge in [-0.05, 0) is 12.1 Å². The lowest BCUT2D eigenvalue weighted by Crippen LogP contribution is -2.01. The van der Waals surface area contributed by atoms with Crippen LogP contribution in [-0.2, 0) is 11.8 Å². The van der Waals surface area contributed by atoms with Gasteiger partial charge in [0.15, 0.2) is 11.0 Å². The van der Waals surface area contributed by atoms with Crippen LogP contribution in [-0.4, -0.2) is 38.2 Å². The number of thioether (sulfide) groups is 1. The maximum atomic E-state index is 12.2. The molecule has 0 saturated carbocycles. The van der Waals surface area contributed by atoms with Crippen molar-refractivity contribution in [2.75, 3.05) is 5.75 Å². The van der Waals surface area contributed by atoms with Crippen molar-refractivity contribution < 1.29 is 23.4 Å². The van der Waals surface area contributed by atoms with Crippen LogP contribution in [0, 0.1) is 0 Å². The van der Waals surface area contributed by atoms with Gasteiger partial charge in [0.05, 0.1) is 5.75 Å². The molecule has 0 spiro atoms. The highest BCUT2D eigenvalue weighted by Crippen LogP contribution is 2.24. The van der Waals surface area contributed by atoms with Gasteiger partial charge in [-0.25, -0.2) is 9.67 Å². The van der Waals surface area contributed by atoms with Crippen molar-refractivity contribution in [3.63, 3.8) is 0 Å². The number of nitrogens with zero attached hydrogens (tertiary/aromatic N) is 3. The van der Waals surface area contributed by atoms with Crippen LogP contribution in [0.15, 0.2) is 29.4 Å². The number of alkyl halides is 2. The number of halogens is 2. The summed E-state index contributed by atoms with van der Waals surface area (Å²) in [5.41, 5.74) is 0.505. The van der Waals surface area contributed by atoms with Crippen LogP contribution in [0.1, 0.15) is 0 Å². The minimum absolute atomic E-state index is 0.00897. The van der Waals surface area contributed by atoms with Crippen LogP contribution < -0.4 is 4.74 Å². The number of hydrogen-bond acceptors (Lipinski definition) is 5. The summed E-state index contributed by atoms with van der Waals surface area (Å²) in [6.07, 6.45) is 0. The molecule has 0 aliphatic carbocycles. The summed E-state index contributed by atoms with van der Waals surface area (Å²) in [4.78, 5) is 14.7. The molecule has 0 atom stereocenters. The van der Waals surface area contributed by atoms with Crippen LogP contribution in [0.25, 0.3) is 11.4 Å². The number of aliphatic carboxylic acids is 1. The summed E-state index contributed by atoms with van der Waals surface area (Å²) in [5, 5.41) is 13.2. The quantitative estimate of drug-likeness (QED) is 0.824. The third kappa shape index (κ3) is 4.15. The minimum atomic E-state index is -2.90. The molecule has 0 radical (unpaired) electrons. The molecule has 0 unspecified atom stereocenters. The molecule has 0 bridgehead atoms. The number of carboxylic acids is 1. The van der Waals surface area contributed by atoms with Gasteiger partial charge in [0.1, 0.15) is 5.75 Å². The Kier molecular flexibility index (Phi) is 4.73. The van der Waals surface area contributed by atoms with Crippen LogP contribution in [0.3, 0.4) is 0 Å². The Morgan fingerprint density at radius 2 is 2.29 bits per heavy atom. The molecule has 2 rings (SSSR count). The highest BCUT2D eigenvalue weighted by molar-refractivity contribution is 7.99. The van der Waals surface area contributed by atoms with E-state index in [9.17, 15) is 13.6 Å². The predicted molar refractivity (Wildman–Crippen MR) is 71.4 cm³/mol. The first-order chi connectivity index (χ1) is 9.95. The van der Waals surface area contributed by atoms with Crippen molar-refractivity contribution in [1.29, 1.82) is 0 Å². The molecule has 112 valence electrons. The second kappa shape index (κ2) is 6.53. The standard InChI is InChI=1S/C12H11F2N3O3S/c1-17-12(21-6-9(18)19)15-10(16-17)7-3-2-4-8(5-7)20-11(13)14/h2-5,11H,6H2,1H3,(H,18,19). The summed E-state index contributed by atoms with van der Waals surface area (Å²) in [6.45, 7) is -2.90. The summed E-state index contributed by atoms with van der Waals surface area (Å²) in [5.74, 6) is -0.780. The normalized spacial score (nSPS) is 10.9. The van der Waals surface area contributed by atoms with Crippen molar-refractivity contribution in [1.82, 2.24) is 14.8 Å². The van der Waals surface area contributed by atoms with Crippen molar-refractivity contribution in [3.05, 3.63) is 24.3 Å². The molecule has 2 aromatic rings. The van der Waals surface area contributed by atoms with Gasteiger partial charge in [-0.15, -0.1) is 0 Å². The molecular weight excluding hydrogens is 304 g/mol. The van der Waals surface area contributed by atoms with Crippen molar-refractivity contribution in [2.45, 2.75) is 11.8 Å². The van der Waals surface area contributed by atoms with Gasteiger partial charge in [0, 0.05) is 12.6 Å². The van der Waals surface area contributed by atoms with Crippen molar-refractivity contribution in [2.24, 2.45) is 7.05 Å². The van der Waals surface area contributed by atoms with Crippen molar-refractivity contribution in [3.8, 4) is 17.1 Å². The van der Waals surface area contributed by atoms with E-state index < -0.39 is 12.6 Å². The number of carbonyl (C=O) groups is 1. The van der Waals surface area contributed by atoms with Gasteiger partial charge in [-0.1, -0.05) is 23.9 Å². The van der Waals surface area contributed by atoms with E-state index in [0.717, 1.165) is 11.8 Å². The van der Waals surface area contributed by atoms with Gasteiger partial charge < -0.3 is 9.84 Å². The first kappa shape index (κ1) is 15.2. The number of benzene rings is 1. The van der Waals surface area contributed by atoms with Crippen LogP contribution in [0.2, 0.25) is 0 Å². The lowest BCUT2D eigenvalue weighted by Gasteiger charge is -2.04. The molecule has 0 fully saturated rings. The fourth-order valence-corrected chi connectivity index (χ4v) is 2.19. The van der Waals surface area contributed by atoms with E-state index in [2.05, 4.69) is 14.8 Å². The highest BCUT2D eigenvalue weighted by Gasteiger charge is 2.12. The average Bonchev–Trinajstić information content (AvgIpc) is 2.77. The first-order valence-electron chi connectivity index (χ1n) is 5.76. The highest BCUT2D eigenvalue weighted by atomic mass is 32.2. The van der Waals surface area contributed by atoms with E-state index in [4.69, 9.17) is 5.11 Å². The Morgan fingerprint density at radius 1 is 1.52 bits per heavy atom. The Morgan fingerprint density at radius 3 is 2.95 bits per heavy atom. The van der Waals surface area contributed by atoms with E-state index in [1.807, 2.05) is 0 Å². The maximum Gasteiger partial charge on any atom is 0.387 e. The zero-order valence-electron chi connectivity index (χ0n) is 10.9. The van der Waals surface area contributed by atoms with Gasteiger partial charge in [-0.3, -0.25) is 4.79 Å². The number of hydrogen-bond donors (Lipinski definition) is 1. The number of rotatable bonds is 6. The SMILES string of the molecule is Cn1nc(-c2cccc(OC(F)F)c2)nc1SCC(=O)O. The van der Waals surface area contributed by atoms with Crippen LogP contribution >= 0.6 is 11.8 Å². The zero-order valence-corrected chi connectivity index (χ0v) is 11.7. The van der Waals surface area contributed by atoms with Crippen LogP contribution in [0.5, 0.6) is 5.75 Å². The smallest absolute Gasteiger partial charge is 0.387 e. The second-order valence-electron chi connectivity index (χ2n) is 3.93. The van der Waals surface area contributed by atoms with Gasteiger partial charge in [0.2, 0.25) is 0 Å². The summed E-state index contributed by atoms with van der Waals surface area (Å²) in [7, 11) is 1.63. The molecule has 0 amide bonds. The molecule has 0 aliphatic rings. The maximum absolute atomic E-state index is 12.2. The Hall–Kier alpha value is -2.16. The largest absolute Gasteiger partial charge is 0.481 e. The molecule has 9 heteroatoms. The van der Waals surface area contributed by atoms with Gasteiger partial charge >= 0.3 is 12.6 Å². The zero-order chi connectivity index (χ0) is 15.4. The van der Waals surface area contributed by atoms with E-state index in [0.29, 0.717) is 16.5 Å². The number of carboxylic acid groups (broad SMARTS) is 1. The molecule has 0 saturated heterocycles. The lowest BCUT2D eigenvalue weighted by molar-refractivity contribution is -0.133. The first-order valence-corrected chi connectivity index (χ1v) is 6.75. The second-order valence-corrected chi connectivity index (χ2v) is 4.87.